The second-order valence-electron chi connectivity index (χ2n) is 6.49. The Morgan fingerprint density at radius 1 is 1.36 bits per heavy atom. The predicted octanol–water partition coefficient (Wildman–Crippen LogP) is 3.77. The van der Waals surface area contributed by atoms with Crippen molar-refractivity contribution in [3.8, 4) is 11.1 Å². The zero-order valence-corrected chi connectivity index (χ0v) is 15.6. The Balaban J connectivity index is 2.12. The summed E-state index contributed by atoms with van der Waals surface area (Å²) in [6.45, 7) is 7.51. The van der Waals surface area contributed by atoms with Crippen LogP contribution in [0.1, 0.15) is 43.6 Å². The lowest BCUT2D eigenvalue weighted by Crippen LogP contribution is -2.30. The summed E-state index contributed by atoms with van der Waals surface area (Å²) in [6.07, 6.45) is 0.809. The molecule has 2 aromatic heterocycles. The van der Waals surface area contributed by atoms with Gasteiger partial charge in [0.2, 0.25) is 5.91 Å². The molecule has 3 rings (SSSR count). The molecular weight excluding hydrogens is 316 g/mol. The lowest BCUT2D eigenvalue weighted by atomic mass is 10.0. The van der Waals surface area contributed by atoms with Gasteiger partial charge in [-0.3, -0.25) is 4.79 Å². The van der Waals surface area contributed by atoms with E-state index in [0.717, 1.165) is 45.9 Å². The molecule has 1 aromatic carbocycles. The average molecular weight is 340 g/mol. The van der Waals surface area contributed by atoms with Gasteiger partial charge in [0.25, 0.3) is 0 Å². The summed E-state index contributed by atoms with van der Waals surface area (Å²) < 4.78 is 7.35. The Labute approximate surface area is 147 Å². The molecule has 2 heterocycles. The molecule has 0 saturated heterocycles. The zero-order chi connectivity index (χ0) is 18.3. The first-order chi connectivity index (χ1) is 11.8. The zero-order valence-electron chi connectivity index (χ0n) is 15.6. The van der Waals surface area contributed by atoms with Crippen LogP contribution in [-0.2, 0) is 11.8 Å². The van der Waals surface area contributed by atoms with Crippen molar-refractivity contribution >= 4 is 16.9 Å². The molecule has 0 saturated carbocycles. The van der Waals surface area contributed by atoms with E-state index in [2.05, 4.69) is 34.8 Å². The first-order valence-corrected chi connectivity index (χ1v) is 8.48. The van der Waals surface area contributed by atoms with Crippen LogP contribution in [0, 0.1) is 13.8 Å². The van der Waals surface area contributed by atoms with E-state index in [1.54, 1.807) is 11.8 Å². The van der Waals surface area contributed by atoms with Crippen LogP contribution in [0.3, 0.4) is 0 Å². The molecule has 0 spiro atoms. The van der Waals surface area contributed by atoms with E-state index >= 15 is 0 Å². The number of imidazole rings is 1. The van der Waals surface area contributed by atoms with Gasteiger partial charge in [0.15, 0.2) is 0 Å². The summed E-state index contributed by atoms with van der Waals surface area (Å²) in [4.78, 5) is 18.4. The van der Waals surface area contributed by atoms with Crippen molar-refractivity contribution in [3.05, 3.63) is 35.5 Å². The summed E-state index contributed by atoms with van der Waals surface area (Å²) in [5.41, 5.74) is 4.88. The van der Waals surface area contributed by atoms with Gasteiger partial charge in [-0.2, -0.15) is 0 Å². The third-order valence-corrected chi connectivity index (χ3v) is 4.89. The standard InChI is InChI=1S/C19H24N4O2/c1-7-16(22(5)13(4)24)19-20-15-10-14(8-9-17(15)23(19)6)18-11(2)21-25-12(18)3/h8-10,16H,7H2,1-6H3. The average Bonchev–Trinajstić information content (AvgIpc) is 3.08. The van der Waals surface area contributed by atoms with E-state index in [4.69, 9.17) is 9.51 Å². The molecule has 0 fully saturated rings. The molecule has 0 aliphatic heterocycles. The van der Waals surface area contributed by atoms with Crippen molar-refractivity contribution in [1.29, 1.82) is 0 Å². The summed E-state index contributed by atoms with van der Waals surface area (Å²) in [5.74, 6) is 1.73. The molecule has 0 N–H and O–H groups in total. The number of amides is 1. The molecule has 1 unspecified atom stereocenters. The van der Waals surface area contributed by atoms with Crippen molar-refractivity contribution in [1.82, 2.24) is 19.6 Å². The van der Waals surface area contributed by atoms with Gasteiger partial charge in [0.1, 0.15) is 11.6 Å². The van der Waals surface area contributed by atoms with Crippen molar-refractivity contribution in [2.45, 2.75) is 40.2 Å². The van der Waals surface area contributed by atoms with Crippen LogP contribution in [0.15, 0.2) is 22.7 Å². The van der Waals surface area contributed by atoms with E-state index < -0.39 is 0 Å². The van der Waals surface area contributed by atoms with E-state index in [1.165, 1.54) is 0 Å². The lowest BCUT2D eigenvalue weighted by molar-refractivity contribution is -0.130. The van der Waals surface area contributed by atoms with Crippen molar-refractivity contribution in [2.24, 2.45) is 7.05 Å². The highest BCUT2D eigenvalue weighted by atomic mass is 16.5. The number of benzene rings is 1. The number of carbonyl (C=O) groups excluding carboxylic acids is 1. The Morgan fingerprint density at radius 3 is 2.64 bits per heavy atom. The fourth-order valence-corrected chi connectivity index (χ4v) is 3.42. The van der Waals surface area contributed by atoms with Crippen LogP contribution in [-0.4, -0.2) is 32.6 Å². The monoisotopic (exact) mass is 340 g/mol. The first kappa shape index (κ1) is 17.2. The van der Waals surface area contributed by atoms with Gasteiger partial charge in [0, 0.05) is 26.6 Å². The van der Waals surface area contributed by atoms with Crippen molar-refractivity contribution in [3.63, 3.8) is 0 Å². The minimum absolute atomic E-state index is 0.0373. The van der Waals surface area contributed by atoms with Gasteiger partial charge >= 0.3 is 0 Å². The second-order valence-corrected chi connectivity index (χ2v) is 6.49. The fourth-order valence-electron chi connectivity index (χ4n) is 3.42. The van der Waals surface area contributed by atoms with Crippen LogP contribution < -0.4 is 0 Å². The van der Waals surface area contributed by atoms with Gasteiger partial charge in [-0.05, 0) is 38.0 Å². The number of hydrogen-bond acceptors (Lipinski definition) is 4. The van der Waals surface area contributed by atoms with Gasteiger partial charge < -0.3 is 14.0 Å². The van der Waals surface area contributed by atoms with Crippen molar-refractivity contribution in [2.75, 3.05) is 7.05 Å². The molecule has 6 heteroatoms. The Kier molecular flexibility index (Phi) is 4.37. The number of fused-ring (bicyclic) bond motifs is 1. The number of aromatic nitrogens is 3. The summed E-state index contributed by atoms with van der Waals surface area (Å²) in [5, 5.41) is 4.03. The third-order valence-electron chi connectivity index (χ3n) is 4.89. The molecule has 0 bridgehead atoms. The van der Waals surface area contributed by atoms with E-state index in [9.17, 15) is 4.79 Å². The van der Waals surface area contributed by atoms with Crippen molar-refractivity contribution < 1.29 is 9.32 Å². The Morgan fingerprint density at radius 2 is 2.08 bits per heavy atom. The van der Waals surface area contributed by atoms with E-state index in [0.29, 0.717) is 0 Å². The minimum atomic E-state index is -0.0441. The maximum absolute atomic E-state index is 11.8. The third kappa shape index (κ3) is 2.81. The van der Waals surface area contributed by atoms with Crippen LogP contribution >= 0.6 is 0 Å². The predicted molar refractivity (Wildman–Crippen MR) is 97.2 cm³/mol. The van der Waals surface area contributed by atoms with Crippen LogP contribution in [0.5, 0.6) is 0 Å². The van der Waals surface area contributed by atoms with Gasteiger partial charge in [-0.25, -0.2) is 4.98 Å². The summed E-state index contributed by atoms with van der Waals surface area (Å²) >= 11 is 0. The molecule has 1 amide bonds. The maximum Gasteiger partial charge on any atom is 0.219 e. The highest BCUT2D eigenvalue weighted by molar-refractivity contribution is 5.83. The maximum atomic E-state index is 11.8. The molecule has 25 heavy (non-hydrogen) atoms. The second kappa shape index (κ2) is 6.35. The highest BCUT2D eigenvalue weighted by Gasteiger charge is 2.23. The SMILES string of the molecule is CCC(c1nc2cc(-c3c(C)noc3C)ccc2n1C)N(C)C(C)=O. The fraction of sp³-hybridized carbons (Fsp3) is 0.421. The lowest BCUT2D eigenvalue weighted by Gasteiger charge is -2.25. The first-order valence-electron chi connectivity index (χ1n) is 8.48. The quantitative estimate of drug-likeness (QED) is 0.725. The van der Waals surface area contributed by atoms with E-state index in [-0.39, 0.29) is 11.9 Å². The molecule has 1 atom stereocenters. The number of nitrogens with zero attached hydrogens (tertiary/aromatic N) is 4. The molecular formula is C19H24N4O2. The number of rotatable bonds is 4. The minimum Gasteiger partial charge on any atom is -0.361 e. The smallest absolute Gasteiger partial charge is 0.219 e. The normalized spacial score (nSPS) is 12.6. The Bertz CT molecular complexity index is 919. The number of hydrogen-bond donors (Lipinski definition) is 0. The summed E-state index contributed by atoms with van der Waals surface area (Å²) in [6, 6.07) is 6.15. The molecule has 132 valence electrons. The Hall–Kier alpha value is -2.63. The molecule has 0 radical (unpaired) electrons. The molecule has 6 nitrogen and oxygen atoms in total. The highest BCUT2D eigenvalue weighted by Crippen LogP contribution is 2.31. The van der Waals surface area contributed by atoms with Crippen LogP contribution in [0.25, 0.3) is 22.2 Å². The van der Waals surface area contributed by atoms with Gasteiger partial charge in [-0.1, -0.05) is 18.1 Å². The topological polar surface area (TPSA) is 64.2 Å². The van der Waals surface area contributed by atoms with Crippen LogP contribution in [0.4, 0.5) is 0 Å². The van der Waals surface area contributed by atoms with Gasteiger partial charge in [0.05, 0.1) is 22.8 Å². The molecule has 0 aliphatic carbocycles. The number of aryl methyl sites for hydroxylation is 3. The van der Waals surface area contributed by atoms with Crippen LogP contribution in [0.2, 0.25) is 0 Å². The van der Waals surface area contributed by atoms with E-state index in [1.807, 2.05) is 27.9 Å². The number of carbonyl (C=O) groups is 1. The largest absolute Gasteiger partial charge is 0.361 e. The van der Waals surface area contributed by atoms with Gasteiger partial charge in [-0.15, -0.1) is 0 Å². The summed E-state index contributed by atoms with van der Waals surface area (Å²) in [7, 11) is 3.82. The molecule has 0 aliphatic rings. The molecule has 3 aromatic rings.